The average Bonchev–Trinajstić information content (AvgIpc) is 2.94. The van der Waals surface area contributed by atoms with E-state index >= 15 is 0 Å². The van der Waals surface area contributed by atoms with Crippen LogP contribution < -0.4 is 0 Å². The SMILES string of the molecule is CCC1CCC(C(O)c2ccc3c(c2)COC3)CC1. The van der Waals surface area contributed by atoms with Gasteiger partial charge in [0.1, 0.15) is 0 Å². The molecule has 0 amide bonds. The van der Waals surface area contributed by atoms with Crippen LogP contribution in [0, 0.1) is 11.8 Å². The van der Waals surface area contributed by atoms with Gasteiger partial charge in [-0.2, -0.15) is 0 Å². The Morgan fingerprint density at radius 1 is 1.16 bits per heavy atom. The van der Waals surface area contributed by atoms with Gasteiger partial charge in [0.15, 0.2) is 0 Å². The van der Waals surface area contributed by atoms with Gasteiger partial charge in [0.25, 0.3) is 0 Å². The van der Waals surface area contributed by atoms with Crippen LogP contribution >= 0.6 is 0 Å². The zero-order chi connectivity index (χ0) is 13.2. The average molecular weight is 260 g/mol. The number of hydrogen-bond donors (Lipinski definition) is 1. The van der Waals surface area contributed by atoms with E-state index in [1.807, 2.05) is 0 Å². The molecule has 1 atom stereocenters. The van der Waals surface area contributed by atoms with Gasteiger partial charge in [-0.3, -0.25) is 0 Å². The Kier molecular flexibility index (Phi) is 3.90. The quantitative estimate of drug-likeness (QED) is 0.891. The summed E-state index contributed by atoms with van der Waals surface area (Å²) in [7, 11) is 0. The minimum absolute atomic E-state index is 0.288. The van der Waals surface area contributed by atoms with E-state index in [4.69, 9.17) is 4.74 Å². The summed E-state index contributed by atoms with van der Waals surface area (Å²) in [4.78, 5) is 0. The lowest BCUT2D eigenvalue weighted by atomic mass is 9.77. The number of aliphatic hydroxyl groups excluding tert-OH is 1. The first-order valence-electron chi connectivity index (χ1n) is 7.65. The maximum atomic E-state index is 10.6. The summed E-state index contributed by atoms with van der Waals surface area (Å²) in [6.45, 7) is 3.72. The second-order valence-electron chi connectivity index (χ2n) is 6.15. The van der Waals surface area contributed by atoms with Crippen molar-refractivity contribution in [1.82, 2.24) is 0 Å². The van der Waals surface area contributed by atoms with Gasteiger partial charge in [-0.05, 0) is 41.4 Å². The lowest BCUT2D eigenvalue weighted by Crippen LogP contribution is -2.20. The first-order valence-corrected chi connectivity index (χ1v) is 7.65. The Hall–Kier alpha value is -0.860. The van der Waals surface area contributed by atoms with Crippen molar-refractivity contribution in [1.29, 1.82) is 0 Å². The molecule has 1 aromatic carbocycles. The first-order chi connectivity index (χ1) is 9.28. The molecule has 1 unspecified atom stereocenters. The van der Waals surface area contributed by atoms with Gasteiger partial charge in [-0.15, -0.1) is 0 Å². The fraction of sp³-hybridized carbons (Fsp3) is 0.647. The van der Waals surface area contributed by atoms with E-state index in [-0.39, 0.29) is 6.10 Å². The monoisotopic (exact) mass is 260 g/mol. The molecule has 19 heavy (non-hydrogen) atoms. The van der Waals surface area contributed by atoms with E-state index in [1.165, 1.54) is 43.2 Å². The van der Waals surface area contributed by atoms with Crippen molar-refractivity contribution in [3.8, 4) is 0 Å². The van der Waals surface area contributed by atoms with Crippen molar-refractivity contribution in [3.05, 3.63) is 34.9 Å². The predicted octanol–water partition coefficient (Wildman–Crippen LogP) is 3.97. The molecule has 104 valence electrons. The zero-order valence-corrected chi connectivity index (χ0v) is 11.8. The summed E-state index contributed by atoms with van der Waals surface area (Å²) in [5, 5.41) is 10.6. The van der Waals surface area contributed by atoms with Gasteiger partial charge in [0, 0.05) is 0 Å². The summed E-state index contributed by atoms with van der Waals surface area (Å²) in [6, 6.07) is 6.36. The van der Waals surface area contributed by atoms with Crippen molar-refractivity contribution in [2.45, 2.75) is 58.3 Å². The highest BCUT2D eigenvalue weighted by Gasteiger charge is 2.27. The van der Waals surface area contributed by atoms with Crippen molar-refractivity contribution in [2.75, 3.05) is 0 Å². The maximum absolute atomic E-state index is 10.6. The number of aliphatic hydroxyl groups is 1. The number of fused-ring (bicyclic) bond motifs is 1. The van der Waals surface area contributed by atoms with Gasteiger partial charge >= 0.3 is 0 Å². The molecule has 1 aliphatic carbocycles. The molecule has 1 fully saturated rings. The lowest BCUT2D eigenvalue weighted by molar-refractivity contribution is 0.0728. The van der Waals surface area contributed by atoms with Crippen LogP contribution in [-0.4, -0.2) is 5.11 Å². The number of benzene rings is 1. The van der Waals surface area contributed by atoms with Crippen molar-refractivity contribution in [2.24, 2.45) is 11.8 Å². The smallest absolute Gasteiger partial charge is 0.0818 e. The molecular weight excluding hydrogens is 236 g/mol. The highest BCUT2D eigenvalue weighted by Crippen LogP contribution is 2.38. The molecular formula is C17H24O2. The first kappa shape index (κ1) is 13.1. The normalized spacial score (nSPS) is 28.1. The molecule has 1 N–H and O–H groups in total. The summed E-state index contributed by atoms with van der Waals surface area (Å²) in [6.07, 6.45) is 5.92. The Morgan fingerprint density at radius 2 is 1.89 bits per heavy atom. The Labute approximate surface area is 115 Å². The molecule has 1 aliphatic heterocycles. The molecule has 1 heterocycles. The van der Waals surface area contributed by atoms with Crippen LogP contribution in [-0.2, 0) is 18.0 Å². The standard InChI is InChI=1S/C17H24O2/c1-2-12-3-5-13(6-4-12)17(18)14-7-8-15-10-19-11-16(15)9-14/h7-9,12-13,17-18H,2-6,10-11H2,1H3. The van der Waals surface area contributed by atoms with E-state index in [1.54, 1.807) is 0 Å². The summed E-state index contributed by atoms with van der Waals surface area (Å²) in [5.41, 5.74) is 3.63. The fourth-order valence-electron chi connectivity index (χ4n) is 3.56. The van der Waals surface area contributed by atoms with Gasteiger partial charge in [-0.25, -0.2) is 0 Å². The van der Waals surface area contributed by atoms with Crippen LogP contribution in [0.2, 0.25) is 0 Å². The van der Waals surface area contributed by atoms with Crippen LogP contribution in [0.15, 0.2) is 18.2 Å². The van der Waals surface area contributed by atoms with Crippen LogP contribution in [0.1, 0.15) is 61.8 Å². The topological polar surface area (TPSA) is 29.5 Å². The Bertz CT molecular complexity index is 433. The highest BCUT2D eigenvalue weighted by molar-refractivity contribution is 5.34. The van der Waals surface area contributed by atoms with E-state index in [9.17, 15) is 5.11 Å². The number of hydrogen-bond acceptors (Lipinski definition) is 2. The van der Waals surface area contributed by atoms with Gasteiger partial charge < -0.3 is 9.84 Å². The third-order valence-corrected chi connectivity index (χ3v) is 5.00. The number of rotatable bonds is 3. The Morgan fingerprint density at radius 3 is 2.63 bits per heavy atom. The van der Waals surface area contributed by atoms with Crippen molar-refractivity contribution >= 4 is 0 Å². The van der Waals surface area contributed by atoms with Crippen molar-refractivity contribution < 1.29 is 9.84 Å². The highest BCUT2D eigenvalue weighted by atomic mass is 16.5. The minimum atomic E-state index is -0.288. The summed E-state index contributed by atoms with van der Waals surface area (Å²) >= 11 is 0. The molecule has 1 aromatic rings. The van der Waals surface area contributed by atoms with E-state index in [2.05, 4.69) is 25.1 Å². The van der Waals surface area contributed by atoms with Crippen LogP contribution in [0.3, 0.4) is 0 Å². The predicted molar refractivity (Wildman–Crippen MR) is 75.6 cm³/mol. The third kappa shape index (κ3) is 2.70. The van der Waals surface area contributed by atoms with Crippen LogP contribution in [0.4, 0.5) is 0 Å². The van der Waals surface area contributed by atoms with E-state index in [0.29, 0.717) is 12.5 Å². The second kappa shape index (κ2) is 5.64. The fourth-order valence-corrected chi connectivity index (χ4v) is 3.56. The summed E-state index contributed by atoms with van der Waals surface area (Å²) in [5.74, 6) is 1.33. The van der Waals surface area contributed by atoms with Gasteiger partial charge in [0.05, 0.1) is 19.3 Å². The molecule has 0 radical (unpaired) electrons. The van der Waals surface area contributed by atoms with Gasteiger partial charge in [0.2, 0.25) is 0 Å². The number of ether oxygens (including phenoxy) is 1. The molecule has 0 bridgehead atoms. The van der Waals surface area contributed by atoms with E-state index < -0.39 is 0 Å². The van der Waals surface area contributed by atoms with Crippen molar-refractivity contribution in [3.63, 3.8) is 0 Å². The van der Waals surface area contributed by atoms with Gasteiger partial charge in [-0.1, -0.05) is 44.4 Å². The molecule has 2 nitrogen and oxygen atoms in total. The molecule has 1 saturated carbocycles. The molecule has 2 heteroatoms. The molecule has 0 spiro atoms. The van der Waals surface area contributed by atoms with E-state index in [0.717, 1.165) is 18.1 Å². The molecule has 0 aromatic heterocycles. The third-order valence-electron chi connectivity index (χ3n) is 5.00. The Balaban J connectivity index is 1.68. The lowest BCUT2D eigenvalue weighted by Gasteiger charge is -2.31. The zero-order valence-electron chi connectivity index (χ0n) is 11.8. The molecule has 0 saturated heterocycles. The van der Waals surface area contributed by atoms with Crippen LogP contribution in [0.5, 0.6) is 0 Å². The van der Waals surface area contributed by atoms with Crippen LogP contribution in [0.25, 0.3) is 0 Å². The molecule has 3 rings (SSSR count). The largest absolute Gasteiger partial charge is 0.388 e. The maximum Gasteiger partial charge on any atom is 0.0818 e. The minimum Gasteiger partial charge on any atom is -0.388 e. The second-order valence-corrected chi connectivity index (χ2v) is 6.15. The molecule has 2 aliphatic rings. The summed E-state index contributed by atoms with van der Waals surface area (Å²) < 4.78 is 5.44.